The Morgan fingerprint density at radius 2 is 2.13 bits per heavy atom. The molecule has 1 aliphatic rings. The van der Waals surface area contributed by atoms with Crippen molar-refractivity contribution in [2.45, 2.75) is 52.4 Å². The van der Waals surface area contributed by atoms with Gasteiger partial charge in [0.1, 0.15) is 11.5 Å². The maximum absolute atomic E-state index is 12.7. The highest BCUT2D eigenvalue weighted by Gasteiger charge is 2.24. The van der Waals surface area contributed by atoms with Crippen molar-refractivity contribution < 1.29 is 18.8 Å². The van der Waals surface area contributed by atoms with E-state index in [9.17, 15) is 9.59 Å². The summed E-state index contributed by atoms with van der Waals surface area (Å²) in [5, 5.41) is 7.29. The standard InChI is InChI=1S/C23H30ClN3O4/c1-15-19(16(2)31-26-15)8-11-23(29)27-12-4-5-17(14-27)6-10-22(28)25-18-7-9-21(30-3)20(24)13-18/h7,9,13,17H,4-6,8,10-12,14H2,1-3H3,(H,25,28)/t17-/m0/s1. The molecule has 0 bridgehead atoms. The molecule has 3 rings (SSSR count). The smallest absolute Gasteiger partial charge is 0.224 e. The summed E-state index contributed by atoms with van der Waals surface area (Å²) < 4.78 is 10.3. The zero-order valence-electron chi connectivity index (χ0n) is 18.4. The Bertz CT molecular complexity index is 908. The van der Waals surface area contributed by atoms with Gasteiger partial charge in [0, 0.05) is 37.2 Å². The molecule has 8 heteroatoms. The number of carbonyl (C=O) groups excluding carboxylic acids is 2. The van der Waals surface area contributed by atoms with Crippen LogP contribution in [-0.2, 0) is 16.0 Å². The summed E-state index contributed by atoms with van der Waals surface area (Å²) >= 11 is 6.11. The number of methoxy groups -OCH3 is 1. The van der Waals surface area contributed by atoms with Crippen LogP contribution in [0.2, 0.25) is 5.02 Å². The van der Waals surface area contributed by atoms with Crippen LogP contribution in [0.4, 0.5) is 5.69 Å². The topological polar surface area (TPSA) is 84.7 Å². The van der Waals surface area contributed by atoms with Crippen molar-refractivity contribution in [2.75, 3.05) is 25.5 Å². The molecule has 0 saturated carbocycles. The van der Waals surface area contributed by atoms with Crippen molar-refractivity contribution >= 4 is 29.1 Å². The molecule has 2 heterocycles. The summed E-state index contributed by atoms with van der Waals surface area (Å²) in [6.45, 7) is 5.27. The molecule has 1 saturated heterocycles. The average Bonchev–Trinajstić information content (AvgIpc) is 3.08. The van der Waals surface area contributed by atoms with E-state index in [1.54, 1.807) is 25.3 Å². The number of aromatic nitrogens is 1. The summed E-state index contributed by atoms with van der Waals surface area (Å²) in [6, 6.07) is 5.17. The van der Waals surface area contributed by atoms with Gasteiger partial charge >= 0.3 is 0 Å². The molecule has 0 aliphatic carbocycles. The Morgan fingerprint density at radius 1 is 1.32 bits per heavy atom. The van der Waals surface area contributed by atoms with E-state index < -0.39 is 0 Å². The maximum Gasteiger partial charge on any atom is 0.224 e. The van der Waals surface area contributed by atoms with Gasteiger partial charge in [-0.05, 0) is 63.6 Å². The van der Waals surface area contributed by atoms with Crippen molar-refractivity contribution in [3.63, 3.8) is 0 Å². The Kier molecular flexibility index (Phi) is 7.96. The number of hydrogen-bond donors (Lipinski definition) is 1. The molecule has 1 atom stereocenters. The number of rotatable bonds is 8. The Labute approximate surface area is 188 Å². The molecular weight excluding hydrogens is 418 g/mol. The van der Waals surface area contributed by atoms with E-state index >= 15 is 0 Å². The molecule has 0 unspecified atom stereocenters. The number of nitrogens with zero attached hydrogens (tertiary/aromatic N) is 2. The van der Waals surface area contributed by atoms with E-state index in [4.69, 9.17) is 20.9 Å². The van der Waals surface area contributed by atoms with Gasteiger partial charge < -0.3 is 19.5 Å². The van der Waals surface area contributed by atoms with Crippen molar-refractivity contribution in [3.05, 3.63) is 40.2 Å². The Morgan fingerprint density at radius 3 is 2.81 bits per heavy atom. The van der Waals surface area contributed by atoms with E-state index in [1.165, 1.54) is 0 Å². The highest BCUT2D eigenvalue weighted by Crippen LogP contribution is 2.28. The molecule has 31 heavy (non-hydrogen) atoms. The molecule has 168 valence electrons. The summed E-state index contributed by atoms with van der Waals surface area (Å²) in [6.07, 6.45) is 4.27. The number of amides is 2. The van der Waals surface area contributed by atoms with Crippen LogP contribution in [0.1, 0.15) is 49.1 Å². The van der Waals surface area contributed by atoms with Crippen molar-refractivity contribution in [3.8, 4) is 5.75 Å². The van der Waals surface area contributed by atoms with Gasteiger partial charge in [0.25, 0.3) is 0 Å². The highest BCUT2D eigenvalue weighted by atomic mass is 35.5. The van der Waals surface area contributed by atoms with E-state index in [2.05, 4.69) is 10.5 Å². The second-order valence-corrected chi connectivity index (χ2v) is 8.49. The molecule has 1 aliphatic heterocycles. The summed E-state index contributed by atoms with van der Waals surface area (Å²) in [5.41, 5.74) is 2.53. The second-order valence-electron chi connectivity index (χ2n) is 8.09. The van der Waals surface area contributed by atoms with Crippen LogP contribution in [0.5, 0.6) is 5.75 Å². The van der Waals surface area contributed by atoms with Gasteiger partial charge in [0.2, 0.25) is 11.8 Å². The summed E-state index contributed by atoms with van der Waals surface area (Å²) in [5.74, 6) is 1.79. The zero-order valence-corrected chi connectivity index (χ0v) is 19.1. The van der Waals surface area contributed by atoms with Crippen LogP contribution < -0.4 is 10.1 Å². The molecule has 1 fully saturated rings. The van der Waals surface area contributed by atoms with E-state index in [0.29, 0.717) is 48.2 Å². The van der Waals surface area contributed by atoms with Gasteiger partial charge in [-0.1, -0.05) is 16.8 Å². The lowest BCUT2D eigenvalue weighted by atomic mass is 9.93. The molecule has 2 amide bonds. The minimum absolute atomic E-state index is 0.0527. The fourth-order valence-corrected chi connectivity index (χ4v) is 4.34. The summed E-state index contributed by atoms with van der Waals surface area (Å²) in [4.78, 5) is 27.0. The lowest BCUT2D eigenvalue weighted by Gasteiger charge is -2.33. The normalized spacial score (nSPS) is 16.3. The minimum atomic E-state index is -0.0527. The SMILES string of the molecule is COc1ccc(NC(=O)CC[C@@H]2CCCN(C(=O)CCc3c(C)noc3C)C2)cc1Cl. The van der Waals surface area contributed by atoms with Crippen LogP contribution in [0.15, 0.2) is 22.7 Å². The first kappa shape index (κ1) is 23.1. The lowest BCUT2D eigenvalue weighted by Crippen LogP contribution is -2.40. The third-order valence-electron chi connectivity index (χ3n) is 5.86. The zero-order chi connectivity index (χ0) is 22.4. The molecule has 1 aromatic heterocycles. The largest absolute Gasteiger partial charge is 0.495 e. The molecule has 0 spiro atoms. The van der Waals surface area contributed by atoms with Crippen LogP contribution in [0.25, 0.3) is 0 Å². The van der Waals surface area contributed by atoms with Crippen LogP contribution in [0, 0.1) is 19.8 Å². The first-order valence-electron chi connectivity index (χ1n) is 10.7. The first-order valence-corrected chi connectivity index (χ1v) is 11.1. The van der Waals surface area contributed by atoms with Gasteiger partial charge in [-0.15, -0.1) is 0 Å². The Hall–Kier alpha value is -2.54. The number of halogens is 1. The van der Waals surface area contributed by atoms with Crippen molar-refractivity contribution in [1.82, 2.24) is 10.1 Å². The number of aryl methyl sites for hydroxylation is 2. The number of benzene rings is 1. The molecule has 7 nitrogen and oxygen atoms in total. The number of ether oxygens (including phenoxy) is 1. The minimum Gasteiger partial charge on any atom is -0.495 e. The maximum atomic E-state index is 12.7. The van der Waals surface area contributed by atoms with Gasteiger partial charge in [-0.2, -0.15) is 0 Å². The highest BCUT2D eigenvalue weighted by molar-refractivity contribution is 6.32. The van der Waals surface area contributed by atoms with Crippen LogP contribution in [0.3, 0.4) is 0 Å². The molecule has 1 N–H and O–H groups in total. The molecule has 1 aromatic carbocycles. The number of likely N-dealkylation sites (tertiary alicyclic amines) is 1. The van der Waals surface area contributed by atoms with Gasteiger partial charge in [-0.3, -0.25) is 9.59 Å². The van der Waals surface area contributed by atoms with Gasteiger partial charge in [-0.25, -0.2) is 0 Å². The van der Waals surface area contributed by atoms with Gasteiger partial charge in [0.05, 0.1) is 17.8 Å². The number of piperidine rings is 1. The number of carbonyl (C=O) groups is 2. The molecule has 0 radical (unpaired) electrons. The predicted octanol–water partition coefficient (Wildman–Crippen LogP) is 4.54. The van der Waals surface area contributed by atoms with E-state index in [1.807, 2.05) is 18.7 Å². The summed E-state index contributed by atoms with van der Waals surface area (Å²) in [7, 11) is 1.55. The monoisotopic (exact) mass is 447 g/mol. The quantitative estimate of drug-likeness (QED) is 0.642. The number of anilines is 1. The Balaban J connectivity index is 1.44. The van der Waals surface area contributed by atoms with Crippen LogP contribution >= 0.6 is 11.6 Å². The molecular formula is C23H30ClN3O4. The van der Waals surface area contributed by atoms with E-state index in [-0.39, 0.29) is 11.8 Å². The number of nitrogens with one attached hydrogen (secondary N) is 1. The number of hydrogen-bond acceptors (Lipinski definition) is 5. The molecule has 2 aromatic rings. The second kappa shape index (κ2) is 10.7. The van der Waals surface area contributed by atoms with Crippen LogP contribution in [-0.4, -0.2) is 42.1 Å². The fourth-order valence-electron chi connectivity index (χ4n) is 4.08. The van der Waals surface area contributed by atoms with Crippen molar-refractivity contribution in [2.24, 2.45) is 5.92 Å². The van der Waals surface area contributed by atoms with E-state index in [0.717, 1.165) is 42.8 Å². The first-order chi connectivity index (χ1) is 14.9. The third kappa shape index (κ3) is 6.23. The lowest BCUT2D eigenvalue weighted by molar-refractivity contribution is -0.133. The van der Waals surface area contributed by atoms with Crippen molar-refractivity contribution in [1.29, 1.82) is 0 Å². The average molecular weight is 448 g/mol. The third-order valence-corrected chi connectivity index (χ3v) is 6.15. The van der Waals surface area contributed by atoms with Gasteiger partial charge in [0.15, 0.2) is 0 Å². The predicted molar refractivity (Wildman–Crippen MR) is 119 cm³/mol. The fraction of sp³-hybridized carbons (Fsp3) is 0.522.